The van der Waals surface area contributed by atoms with Gasteiger partial charge in [-0.25, -0.2) is 4.79 Å². The fourth-order valence-corrected chi connectivity index (χ4v) is 2.84. The molecule has 2 rings (SSSR count). The van der Waals surface area contributed by atoms with E-state index >= 15 is 0 Å². The van der Waals surface area contributed by atoms with Gasteiger partial charge in [0.05, 0.1) is 10.5 Å². The highest BCUT2D eigenvalue weighted by molar-refractivity contribution is 5.86. The number of benzene rings is 1. The summed E-state index contributed by atoms with van der Waals surface area (Å²) in [5, 5.41) is 19.7. The number of nitro groups is 1. The molecule has 21 heavy (non-hydrogen) atoms. The zero-order valence-electron chi connectivity index (χ0n) is 12.0. The van der Waals surface area contributed by atoms with Crippen LogP contribution in [0, 0.1) is 16.0 Å². The van der Waals surface area contributed by atoms with Crippen molar-refractivity contribution in [3.05, 3.63) is 40.0 Å². The predicted octanol–water partition coefficient (Wildman–Crippen LogP) is 2.93. The van der Waals surface area contributed by atoms with E-state index in [1.165, 1.54) is 12.1 Å². The molecule has 0 radical (unpaired) electrons. The van der Waals surface area contributed by atoms with E-state index in [0.717, 1.165) is 24.7 Å². The second-order valence-electron chi connectivity index (χ2n) is 5.51. The molecule has 0 amide bonds. The van der Waals surface area contributed by atoms with Gasteiger partial charge in [0.1, 0.15) is 0 Å². The van der Waals surface area contributed by atoms with Crippen LogP contribution in [-0.4, -0.2) is 28.6 Å². The highest BCUT2D eigenvalue weighted by atomic mass is 16.6. The number of carboxylic acid groups (broad SMARTS) is 1. The zero-order chi connectivity index (χ0) is 15.6. The second-order valence-corrected chi connectivity index (χ2v) is 5.51. The average molecular weight is 290 g/mol. The molecule has 1 fully saturated rings. The van der Waals surface area contributed by atoms with Gasteiger partial charge in [-0.1, -0.05) is 6.92 Å². The lowest BCUT2D eigenvalue weighted by Crippen LogP contribution is -2.26. The Morgan fingerprint density at radius 1 is 1.48 bits per heavy atom. The lowest BCUT2D eigenvalue weighted by atomic mass is 10.1. The molecule has 2 unspecified atom stereocenters. The van der Waals surface area contributed by atoms with Crippen molar-refractivity contribution in [3.8, 4) is 0 Å². The molecule has 0 spiro atoms. The summed E-state index contributed by atoms with van der Waals surface area (Å²) in [5.74, 6) is -0.550. The molecule has 1 aliphatic heterocycles. The van der Waals surface area contributed by atoms with Gasteiger partial charge in [-0.15, -0.1) is 0 Å². The monoisotopic (exact) mass is 290 g/mol. The summed E-state index contributed by atoms with van der Waals surface area (Å²) in [5.41, 5.74) is 1.12. The van der Waals surface area contributed by atoms with Crippen LogP contribution in [0.15, 0.2) is 24.3 Å². The van der Waals surface area contributed by atoms with Crippen molar-refractivity contribution in [2.45, 2.75) is 26.3 Å². The predicted molar refractivity (Wildman–Crippen MR) is 80.4 cm³/mol. The van der Waals surface area contributed by atoms with E-state index in [1.807, 2.05) is 0 Å². The van der Waals surface area contributed by atoms with Gasteiger partial charge in [0.2, 0.25) is 0 Å². The van der Waals surface area contributed by atoms with Gasteiger partial charge in [-0.05, 0) is 37.5 Å². The molecule has 1 aromatic rings. The number of nitro benzene ring substituents is 1. The molecule has 1 N–H and O–H groups in total. The van der Waals surface area contributed by atoms with Crippen LogP contribution in [0.5, 0.6) is 0 Å². The van der Waals surface area contributed by atoms with E-state index in [4.69, 9.17) is 5.11 Å². The Labute approximate surface area is 122 Å². The molecular formula is C15H18N2O4. The van der Waals surface area contributed by atoms with Crippen molar-refractivity contribution < 1.29 is 14.8 Å². The number of carboxylic acids is 1. The maximum absolute atomic E-state index is 11.0. The van der Waals surface area contributed by atoms with Gasteiger partial charge in [0.25, 0.3) is 5.69 Å². The summed E-state index contributed by atoms with van der Waals surface area (Å²) in [6.07, 6.45) is 3.27. The minimum Gasteiger partial charge on any atom is -0.478 e. The third-order valence-electron chi connectivity index (χ3n) is 3.73. The van der Waals surface area contributed by atoms with Crippen LogP contribution in [0.1, 0.15) is 25.8 Å². The van der Waals surface area contributed by atoms with E-state index in [2.05, 4.69) is 18.7 Å². The van der Waals surface area contributed by atoms with Crippen molar-refractivity contribution >= 4 is 23.4 Å². The number of hydrogen-bond donors (Lipinski definition) is 1. The fourth-order valence-electron chi connectivity index (χ4n) is 2.84. The number of anilines is 1. The summed E-state index contributed by atoms with van der Waals surface area (Å²) in [6, 6.07) is 5.22. The van der Waals surface area contributed by atoms with Crippen LogP contribution >= 0.6 is 0 Å². The number of nitrogens with zero attached hydrogens (tertiary/aromatic N) is 2. The van der Waals surface area contributed by atoms with Crippen LogP contribution in [-0.2, 0) is 4.79 Å². The third-order valence-corrected chi connectivity index (χ3v) is 3.73. The maximum Gasteiger partial charge on any atom is 0.328 e. The van der Waals surface area contributed by atoms with Gasteiger partial charge >= 0.3 is 5.97 Å². The minimum atomic E-state index is -1.13. The van der Waals surface area contributed by atoms with Crippen molar-refractivity contribution in [1.29, 1.82) is 0 Å². The minimum absolute atomic E-state index is 0.0869. The second kappa shape index (κ2) is 5.95. The van der Waals surface area contributed by atoms with Crippen molar-refractivity contribution in [1.82, 2.24) is 0 Å². The molecule has 2 atom stereocenters. The summed E-state index contributed by atoms with van der Waals surface area (Å²) in [7, 11) is 0. The first-order valence-corrected chi connectivity index (χ1v) is 6.84. The Hall–Kier alpha value is -2.37. The number of hydrogen-bond acceptors (Lipinski definition) is 4. The van der Waals surface area contributed by atoms with Gasteiger partial charge in [-0.2, -0.15) is 0 Å². The van der Waals surface area contributed by atoms with E-state index in [1.54, 1.807) is 12.1 Å². The number of carbonyl (C=O) groups is 1. The molecule has 6 heteroatoms. The first kappa shape index (κ1) is 15.0. The van der Waals surface area contributed by atoms with Crippen LogP contribution in [0.3, 0.4) is 0 Å². The van der Waals surface area contributed by atoms with Crippen LogP contribution in [0.4, 0.5) is 11.4 Å². The molecule has 112 valence electrons. The van der Waals surface area contributed by atoms with Crippen molar-refractivity contribution in [2.24, 2.45) is 5.92 Å². The van der Waals surface area contributed by atoms with Gasteiger partial charge < -0.3 is 10.0 Å². The Kier molecular flexibility index (Phi) is 4.26. The first-order valence-electron chi connectivity index (χ1n) is 6.84. The first-order chi connectivity index (χ1) is 9.88. The molecule has 1 aliphatic rings. The number of aliphatic carboxylic acids is 1. The molecule has 1 aromatic carbocycles. The third kappa shape index (κ3) is 3.39. The van der Waals surface area contributed by atoms with E-state index in [0.29, 0.717) is 17.5 Å². The van der Waals surface area contributed by atoms with Crippen molar-refractivity contribution in [2.75, 3.05) is 11.4 Å². The Bertz CT molecular complexity index is 597. The molecule has 1 heterocycles. The Morgan fingerprint density at radius 2 is 2.19 bits per heavy atom. The molecule has 0 aromatic heterocycles. The summed E-state index contributed by atoms with van der Waals surface area (Å²) < 4.78 is 0. The van der Waals surface area contributed by atoms with Gasteiger partial charge in [-0.3, -0.25) is 10.1 Å². The van der Waals surface area contributed by atoms with Crippen LogP contribution in [0.2, 0.25) is 0 Å². The highest BCUT2D eigenvalue weighted by Crippen LogP contribution is 2.32. The maximum atomic E-state index is 11.0. The molecule has 6 nitrogen and oxygen atoms in total. The van der Waals surface area contributed by atoms with E-state index < -0.39 is 10.9 Å². The quantitative estimate of drug-likeness (QED) is 0.523. The zero-order valence-corrected chi connectivity index (χ0v) is 12.0. The highest BCUT2D eigenvalue weighted by Gasteiger charge is 2.27. The van der Waals surface area contributed by atoms with Crippen LogP contribution < -0.4 is 4.90 Å². The topological polar surface area (TPSA) is 83.7 Å². The molecule has 0 bridgehead atoms. The van der Waals surface area contributed by atoms with E-state index in [-0.39, 0.29) is 5.69 Å². The standard InChI is InChI=1S/C15H18N2O4/c1-10-7-11(2)16(9-10)13-4-5-14(17(20)21)12(8-13)3-6-15(18)19/h3-6,8,10-11H,7,9H2,1-2H3,(H,18,19)/b6-3+. The SMILES string of the molecule is CC1CC(C)N(c2ccc([N+](=O)[O-])c(/C=C/C(=O)O)c2)C1. The van der Waals surface area contributed by atoms with E-state index in [9.17, 15) is 14.9 Å². The fraction of sp³-hybridized carbons (Fsp3) is 0.400. The van der Waals surface area contributed by atoms with Gasteiger partial charge in [0, 0.05) is 30.4 Å². The largest absolute Gasteiger partial charge is 0.478 e. The summed E-state index contributed by atoms with van der Waals surface area (Å²) >= 11 is 0. The molecule has 0 saturated carbocycles. The molecule has 0 aliphatic carbocycles. The molecular weight excluding hydrogens is 272 g/mol. The normalized spacial score (nSPS) is 21.9. The van der Waals surface area contributed by atoms with Crippen LogP contribution in [0.25, 0.3) is 6.08 Å². The number of rotatable bonds is 4. The average Bonchev–Trinajstić information content (AvgIpc) is 2.74. The Balaban J connectivity index is 2.39. The lowest BCUT2D eigenvalue weighted by molar-refractivity contribution is -0.385. The summed E-state index contributed by atoms with van der Waals surface area (Å²) in [4.78, 5) is 23.4. The van der Waals surface area contributed by atoms with Gasteiger partial charge in [0.15, 0.2) is 0 Å². The Morgan fingerprint density at radius 3 is 2.71 bits per heavy atom. The molecule has 1 saturated heterocycles. The lowest BCUT2D eigenvalue weighted by Gasteiger charge is -2.24. The summed E-state index contributed by atoms with van der Waals surface area (Å²) in [6.45, 7) is 5.20. The smallest absolute Gasteiger partial charge is 0.328 e. The van der Waals surface area contributed by atoms with Crippen molar-refractivity contribution in [3.63, 3.8) is 0 Å².